The first-order chi connectivity index (χ1) is 21.9. The quantitative estimate of drug-likeness (QED) is 0.172. The third kappa shape index (κ3) is 8.40. The zero-order valence-electron chi connectivity index (χ0n) is 26.2. The summed E-state index contributed by atoms with van der Waals surface area (Å²) < 4.78 is 35.2. The van der Waals surface area contributed by atoms with Gasteiger partial charge in [-0.1, -0.05) is 83.4 Å². The monoisotopic (exact) mass is 681 g/mol. The Bertz CT molecular complexity index is 1780. The van der Waals surface area contributed by atoms with Gasteiger partial charge >= 0.3 is 0 Å². The minimum Gasteiger partial charge on any atom is -0.495 e. The van der Waals surface area contributed by atoms with Gasteiger partial charge in [0.05, 0.1) is 17.7 Å². The highest BCUT2D eigenvalue weighted by Crippen LogP contribution is 2.34. The summed E-state index contributed by atoms with van der Waals surface area (Å²) in [5.74, 6) is -0.728. The van der Waals surface area contributed by atoms with Crippen LogP contribution in [0.25, 0.3) is 0 Å². The smallest absolute Gasteiger partial charge is 0.264 e. The Morgan fingerprint density at radius 2 is 1.57 bits per heavy atom. The molecule has 4 aromatic carbocycles. The summed E-state index contributed by atoms with van der Waals surface area (Å²) in [6.07, 6.45) is 0.183. The highest BCUT2D eigenvalue weighted by atomic mass is 35.5. The number of anilines is 1. The van der Waals surface area contributed by atoms with E-state index in [2.05, 4.69) is 5.32 Å². The third-order valence-electron chi connectivity index (χ3n) is 7.47. The molecule has 0 aliphatic carbocycles. The largest absolute Gasteiger partial charge is 0.495 e. The molecular weight excluding hydrogens is 645 g/mol. The molecule has 1 atom stereocenters. The van der Waals surface area contributed by atoms with Crippen molar-refractivity contribution in [3.8, 4) is 5.75 Å². The van der Waals surface area contributed by atoms with Crippen molar-refractivity contribution in [1.82, 2.24) is 10.2 Å². The van der Waals surface area contributed by atoms with Gasteiger partial charge in [-0.25, -0.2) is 8.42 Å². The third-order valence-corrected chi connectivity index (χ3v) is 9.83. The molecule has 46 heavy (non-hydrogen) atoms. The predicted molar refractivity (Wildman–Crippen MR) is 183 cm³/mol. The lowest BCUT2D eigenvalue weighted by Crippen LogP contribution is -2.53. The Hall–Kier alpha value is -4.05. The van der Waals surface area contributed by atoms with E-state index in [-0.39, 0.29) is 35.2 Å². The summed E-state index contributed by atoms with van der Waals surface area (Å²) in [7, 11) is -2.85. The maximum absolute atomic E-state index is 14.6. The summed E-state index contributed by atoms with van der Waals surface area (Å²) in [5.41, 5.74) is 3.21. The predicted octanol–water partition coefficient (Wildman–Crippen LogP) is 6.59. The molecule has 0 saturated heterocycles. The molecule has 8 nitrogen and oxygen atoms in total. The van der Waals surface area contributed by atoms with Crippen LogP contribution < -0.4 is 14.4 Å². The molecule has 1 N–H and O–H groups in total. The molecule has 0 aromatic heterocycles. The highest BCUT2D eigenvalue weighted by Gasteiger charge is 2.35. The Morgan fingerprint density at radius 1 is 0.891 bits per heavy atom. The van der Waals surface area contributed by atoms with Crippen molar-refractivity contribution in [2.24, 2.45) is 0 Å². The molecule has 4 rings (SSSR count). The Balaban J connectivity index is 1.86. The van der Waals surface area contributed by atoms with Crippen molar-refractivity contribution in [2.75, 3.05) is 24.5 Å². The van der Waals surface area contributed by atoms with Gasteiger partial charge in [-0.15, -0.1) is 0 Å². The number of amides is 2. The molecule has 0 fully saturated rings. The molecule has 0 heterocycles. The van der Waals surface area contributed by atoms with Gasteiger partial charge in [-0.3, -0.25) is 13.9 Å². The number of sulfonamides is 1. The molecule has 0 saturated carbocycles. The van der Waals surface area contributed by atoms with Crippen LogP contribution in [0.15, 0.2) is 95.9 Å². The summed E-state index contributed by atoms with van der Waals surface area (Å²) in [4.78, 5) is 29.6. The zero-order valence-corrected chi connectivity index (χ0v) is 28.5. The van der Waals surface area contributed by atoms with Gasteiger partial charge in [0.1, 0.15) is 18.3 Å². The van der Waals surface area contributed by atoms with Crippen molar-refractivity contribution >= 4 is 50.7 Å². The van der Waals surface area contributed by atoms with Crippen LogP contribution in [0, 0.1) is 13.8 Å². The molecule has 4 aromatic rings. The fraction of sp³-hybridized carbons (Fsp3) is 0.257. The Kier molecular flexibility index (Phi) is 11.7. The maximum atomic E-state index is 14.6. The van der Waals surface area contributed by atoms with Crippen molar-refractivity contribution < 1.29 is 22.7 Å². The van der Waals surface area contributed by atoms with Crippen LogP contribution in [0.3, 0.4) is 0 Å². The van der Waals surface area contributed by atoms with E-state index in [1.54, 1.807) is 55.5 Å². The number of nitrogens with one attached hydrogen (secondary N) is 1. The molecule has 1 unspecified atom stereocenters. The van der Waals surface area contributed by atoms with Crippen LogP contribution in [0.1, 0.15) is 29.2 Å². The standard InChI is InChI=1S/C35H37Cl2N3O5S/c1-5-38-35(42)32(20-26-9-7-6-8-10-26)39(22-27-14-15-28(36)21-30(27)37)34(41)23-40(31-19-25(3)13-18-33(31)45-4)46(43,44)29-16-11-24(2)12-17-29/h6-19,21,32H,5,20,22-23H2,1-4H3,(H,38,42). The van der Waals surface area contributed by atoms with Crippen LogP contribution in [0.2, 0.25) is 10.0 Å². The molecule has 11 heteroatoms. The van der Waals surface area contributed by atoms with E-state index >= 15 is 0 Å². The average Bonchev–Trinajstić information content (AvgIpc) is 3.03. The summed E-state index contributed by atoms with van der Waals surface area (Å²) >= 11 is 12.7. The van der Waals surface area contributed by atoms with E-state index in [0.29, 0.717) is 22.2 Å². The first-order valence-electron chi connectivity index (χ1n) is 14.7. The van der Waals surface area contributed by atoms with Gasteiger partial charge in [0.25, 0.3) is 10.0 Å². The minimum absolute atomic E-state index is 0.00585. The summed E-state index contributed by atoms with van der Waals surface area (Å²) in [6.45, 7) is 5.11. The van der Waals surface area contributed by atoms with Gasteiger partial charge in [-0.2, -0.15) is 0 Å². The molecule has 242 valence electrons. The molecule has 2 amide bonds. The topological polar surface area (TPSA) is 96.0 Å². The number of ether oxygens (including phenoxy) is 1. The van der Waals surface area contributed by atoms with E-state index in [1.807, 2.05) is 44.2 Å². The fourth-order valence-electron chi connectivity index (χ4n) is 5.03. The van der Waals surface area contributed by atoms with Crippen LogP contribution in [-0.4, -0.2) is 51.4 Å². The summed E-state index contributed by atoms with van der Waals surface area (Å²) in [6, 6.07) is 24.7. The first kappa shape index (κ1) is 34.8. The normalized spacial score (nSPS) is 11.9. The molecule has 0 aliphatic heterocycles. The second-order valence-electron chi connectivity index (χ2n) is 10.9. The van der Waals surface area contributed by atoms with Crippen molar-refractivity contribution in [1.29, 1.82) is 0 Å². The van der Waals surface area contributed by atoms with Crippen molar-refractivity contribution in [3.05, 3.63) is 123 Å². The maximum Gasteiger partial charge on any atom is 0.264 e. The van der Waals surface area contributed by atoms with Gasteiger partial charge in [0.15, 0.2) is 0 Å². The first-order valence-corrected chi connectivity index (χ1v) is 16.9. The van der Waals surface area contributed by atoms with E-state index in [4.69, 9.17) is 27.9 Å². The average molecular weight is 683 g/mol. The van der Waals surface area contributed by atoms with Crippen LogP contribution in [0.5, 0.6) is 5.75 Å². The van der Waals surface area contributed by atoms with Gasteiger partial charge in [-0.05, 0) is 73.9 Å². The van der Waals surface area contributed by atoms with E-state index in [9.17, 15) is 18.0 Å². The number of methoxy groups -OCH3 is 1. The number of carbonyl (C=O) groups is 2. The number of likely N-dealkylation sites (N-methyl/N-ethyl adjacent to an activating group) is 1. The second-order valence-corrected chi connectivity index (χ2v) is 13.6. The van der Waals surface area contributed by atoms with Gasteiger partial charge in [0, 0.05) is 29.6 Å². The van der Waals surface area contributed by atoms with Crippen molar-refractivity contribution in [2.45, 2.75) is 44.7 Å². The van der Waals surface area contributed by atoms with Gasteiger partial charge < -0.3 is 15.0 Å². The van der Waals surface area contributed by atoms with Crippen molar-refractivity contribution in [3.63, 3.8) is 0 Å². The number of hydrogen-bond acceptors (Lipinski definition) is 5. The molecule has 0 radical (unpaired) electrons. The Morgan fingerprint density at radius 3 is 2.20 bits per heavy atom. The van der Waals surface area contributed by atoms with E-state index in [0.717, 1.165) is 21.0 Å². The number of hydrogen-bond donors (Lipinski definition) is 1. The number of rotatable bonds is 13. The number of aryl methyl sites for hydroxylation is 2. The van der Waals surface area contributed by atoms with Crippen LogP contribution in [-0.2, 0) is 32.6 Å². The zero-order chi connectivity index (χ0) is 33.4. The van der Waals surface area contributed by atoms with E-state index in [1.165, 1.54) is 24.1 Å². The molecule has 0 aliphatic rings. The molecular formula is C35H37Cl2N3O5S. The van der Waals surface area contributed by atoms with Crippen LogP contribution >= 0.6 is 23.2 Å². The second kappa shape index (κ2) is 15.5. The lowest BCUT2D eigenvalue weighted by Gasteiger charge is -2.34. The fourth-order valence-corrected chi connectivity index (χ4v) is 6.91. The minimum atomic E-state index is -4.29. The SMILES string of the molecule is CCNC(=O)C(Cc1ccccc1)N(Cc1ccc(Cl)cc1Cl)C(=O)CN(c1cc(C)ccc1OC)S(=O)(=O)c1ccc(C)cc1. The number of nitrogens with zero attached hydrogens (tertiary/aromatic N) is 2. The number of carbonyl (C=O) groups excluding carboxylic acids is 2. The molecule has 0 spiro atoms. The lowest BCUT2D eigenvalue weighted by atomic mass is 10.0. The van der Waals surface area contributed by atoms with E-state index < -0.39 is 28.5 Å². The summed E-state index contributed by atoms with van der Waals surface area (Å²) in [5, 5.41) is 3.57. The number of halogens is 2. The van der Waals surface area contributed by atoms with Crippen LogP contribution in [0.4, 0.5) is 5.69 Å². The number of benzene rings is 4. The Labute approximate surface area is 280 Å². The lowest BCUT2D eigenvalue weighted by molar-refractivity contribution is -0.140. The molecule has 0 bridgehead atoms. The van der Waals surface area contributed by atoms with Gasteiger partial charge in [0.2, 0.25) is 11.8 Å². The highest BCUT2D eigenvalue weighted by molar-refractivity contribution is 7.92.